The fraction of sp³-hybridized carbons (Fsp3) is 0. The minimum Gasteiger partial charge on any atom is -0.264 e. The normalized spacial score (nSPS) is 10.5. The Balaban J connectivity index is 2.32. The largest absolute Gasteiger partial charge is 0.264 e. The van der Waals surface area contributed by atoms with Gasteiger partial charge in [0, 0.05) is 24.0 Å². The van der Waals surface area contributed by atoms with Crippen molar-refractivity contribution < 1.29 is 0 Å². The highest BCUT2D eigenvalue weighted by Gasteiger charge is 2.03. The maximum atomic E-state index is 4.31. The van der Waals surface area contributed by atoms with Gasteiger partial charge in [0.1, 0.15) is 0 Å². The Bertz CT molecular complexity index is 612. The average molecular weight is 205 g/mol. The Morgan fingerprint density at radius 3 is 2.88 bits per heavy atom. The summed E-state index contributed by atoms with van der Waals surface area (Å²) in [4.78, 5) is 8.46. The van der Waals surface area contributed by atoms with Gasteiger partial charge in [0.25, 0.3) is 0 Å². The van der Waals surface area contributed by atoms with Crippen LogP contribution in [-0.4, -0.2) is 9.97 Å². The smallest absolute Gasteiger partial charge is 0.0739 e. The van der Waals surface area contributed by atoms with Gasteiger partial charge in [-0.3, -0.25) is 9.97 Å². The zero-order valence-corrected chi connectivity index (χ0v) is 8.59. The second kappa shape index (κ2) is 3.74. The van der Waals surface area contributed by atoms with Gasteiger partial charge in [0.05, 0.1) is 5.52 Å². The molecular weight excluding hydrogens is 196 g/mol. The van der Waals surface area contributed by atoms with Crippen molar-refractivity contribution in [2.45, 2.75) is 0 Å². The standard InChI is InChI=1S/C14H9N2/c1-2-4-11(5-3-1)12-6-9-16-14-7-8-15-10-13(12)14/h1-4,6-10H. The van der Waals surface area contributed by atoms with Crippen molar-refractivity contribution in [3.8, 4) is 11.1 Å². The van der Waals surface area contributed by atoms with Crippen LogP contribution in [0.3, 0.4) is 0 Å². The molecule has 0 aliphatic carbocycles. The van der Waals surface area contributed by atoms with Crippen LogP contribution in [0.5, 0.6) is 0 Å². The number of pyridine rings is 2. The summed E-state index contributed by atoms with van der Waals surface area (Å²) >= 11 is 0. The Labute approximate surface area is 93.6 Å². The Hall–Kier alpha value is -2.22. The molecule has 0 spiro atoms. The van der Waals surface area contributed by atoms with Crippen LogP contribution >= 0.6 is 0 Å². The molecule has 1 aromatic carbocycles. The number of hydrogen-bond donors (Lipinski definition) is 0. The molecule has 3 aromatic rings. The van der Waals surface area contributed by atoms with Crippen molar-refractivity contribution in [2.24, 2.45) is 0 Å². The Morgan fingerprint density at radius 1 is 1.00 bits per heavy atom. The molecule has 3 rings (SSSR count). The Morgan fingerprint density at radius 2 is 2.00 bits per heavy atom. The van der Waals surface area contributed by atoms with Crippen LogP contribution in [0.2, 0.25) is 0 Å². The number of fused-ring (bicyclic) bond motifs is 1. The van der Waals surface area contributed by atoms with Gasteiger partial charge < -0.3 is 0 Å². The molecule has 75 valence electrons. The van der Waals surface area contributed by atoms with Gasteiger partial charge in [-0.05, 0) is 29.3 Å². The number of rotatable bonds is 1. The third-order valence-corrected chi connectivity index (χ3v) is 2.54. The third kappa shape index (κ3) is 1.44. The monoisotopic (exact) mass is 205 g/mol. The maximum absolute atomic E-state index is 4.31. The molecule has 0 aliphatic rings. The highest BCUT2D eigenvalue weighted by molar-refractivity contribution is 5.93. The molecule has 0 saturated heterocycles. The maximum Gasteiger partial charge on any atom is 0.0739 e. The first-order valence-electron chi connectivity index (χ1n) is 5.11. The van der Waals surface area contributed by atoms with Crippen molar-refractivity contribution in [2.75, 3.05) is 0 Å². The van der Waals surface area contributed by atoms with Crippen LogP contribution in [0.1, 0.15) is 0 Å². The molecule has 0 atom stereocenters. The van der Waals surface area contributed by atoms with Crippen LogP contribution in [0, 0.1) is 6.07 Å². The number of hydrogen-bond acceptors (Lipinski definition) is 2. The van der Waals surface area contributed by atoms with E-state index < -0.39 is 0 Å². The average Bonchev–Trinajstić information content (AvgIpc) is 2.39. The Kier molecular flexibility index (Phi) is 2.11. The molecular formula is C14H9N2. The summed E-state index contributed by atoms with van der Waals surface area (Å²) in [5, 5.41) is 1.06. The first-order chi connectivity index (χ1) is 7.95. The predicted octanol–water partition coefficient (Wildman–Crippen LogP) is 3.10. The number of aromatic nitrogens is 2. The van der Waals surface area contributed by atoms with Crippen molar-refractivity contribution in [1.82, 2.24) is 9.97 Å². The van der Waals surface area contributed by atoms with E-state index in [1.54, 1.807) is 6.20 Å². The molecule has 0 fully saturated rings. The van der Waals surface area contributed by atoms with E-state index in [1.807, 2.05) is 48.8 Å². The van der Waals surface area contributed by atoms with Crippen LogP contribution in [-0.2, 0) is 0 Å². The van der Waals surface area contributed by atoms with E-state index in [0.29, 0.717) is 0 Å². The van der Waals surface area contributed by atoms with Crippen molar-refractivity contribution in [1.29, 1.82) is 0 Å². The van der Waals surface area contributed by atoms with Crippen LogP contribution < -0.4 is 0 Å². The first kappa shape index (κ1) is 9.04. The zero-order chi connectivity index (χ0) is 10.8. The number of benzene rings is 1. The zero-order valence-electron chi connectivity index (χ0n) is 8.59. The highest BCUT2D eigenvalue weighted by atomic mass is 14.7. The van der Waals surface area contributed by atoms with Crippen LogP contribution in [0.4, 0.5) is 0 Å². The van der Waals surface area contributed by atoms with E-state index >= 15 is 0 Å². The first-order valence-corrected chi connectivity index (χ1v) is 5.11. The SMILES string of the molecule is [c]1ccccc1-c1ccnc2ccncc12. The van der Waals surface area contributed by atoms with E-state index in [9.17, 15) is 0 Å². The minimum absolute atomic E-state index is 0.963. The second-order valence-corrected chi connectivity index (χ2v) is 3.53. The molecule has 0 saturated carbocycles. The summed E-state index contributed by atoms with van der Waals surface area (Å²) in [6.07, 6.45) is 5.42. The third-order valence-electron chi connectivity index (χ3n) is 2.54. The molecule has 2 heterocycles. The molecule has 2 aromatic heterocycles. The van der Waals surface area contributed by atoms with Crippen molar-refractivity contribution in [3.05, 3.63) is 61.1 Å². The van der Waals surface area contributed by atoms with E-state index in [-0.39, 0.29) is 0 Å². The van der Waals surface area contributed by atoms with Crippen LogP contribution in [0.15, 0.2) is 55.0 Å². The molecule has 1 radical (unpaired) electrons. The van der Waals surface area contributed by atoms with E-state index in [2.05, 4.69) is 16.0 Å². The predicted molar refractivity (Wildman–Crippen MR) is 63.8 cm³/mol. The minimum atomic E-state index is 0.963. The summed E-state index contributed by atoms with van der Waals surface area (Å²) < 4.78 is 0. The van der Waals surface area contributed by atoms with Gasteiger partial charge in [-0.25, -0.2) is 0 Å². The van der Waals surface area contributed by atoms with Gasteiger partial charge in [-0.1, -0.05) is 24.3 Å². The topological polar surface area (TPSA) is 25.8 Å². The molecule has 0 N–H and O–H groups in total. The summed E-state index contributed by atoms with van der Waals surface area (Å²) in [5.74, 6) is 0. The highest BCUT2D eigenvalue weighted by Crippen LogP contribution is 2.25. The van der Waals surface area contributed by atoms with E-state index in [0.717, 1.165) is 22.0 Å². The summed E-state index contributed by atoms with van der Waals surface area (Å²) in [6.45, 7) is 0. The molecule has 16 heavy (non-hydrogen) atoms. The molecule has 0 bridgehead atoms. The molecule has 0 aliphatic heterocycles. The number of nitrogens with zero attached hydrogens (tertiary/aromatic N) is 2. The summed E-state index contributed by atoms with van der Waals surface area (Å²) in [7, 11) is 0. The summed E-state index contributed by atoms with van der Waals surface area (Å²) in [6, 6.07) is 15.1. The van der Waals surface area contributed by atoms with Crippen LogP contribution in [0.25, 0.3) is 22.0 Å². The molecule has 2 heteroatoms. The van der Waals surface area contributed by atoms with Gasteiger partial charge in [-0.15, -0.1) is 0 Å². The molecule has 0 unspecified atom stereocenters. The fourth-order valence-electron chi connectivity index (χ4n) is 1.78. The molecule has 0 amide bonds. The van der Waals surface area contributed by atoms with Crippen molar-refractivity contribution in [3.63, 3.8) is 0 Å². The summed E-state index contributed by atoms with van der Waals surface area (Å²) in [5.41, 5.74) is 3.16. The van der Waals surface area contributed by atoms with Gasteiger partial charge >= 0.3 is 0 Å². The quantitative estimate of drug-likeness (QED) is 0.610. The second-order valence-electron chi connectivity index (χ2n) is 3.53. The van der Waals surface area contributed by atoms with Gasteiger partial charge in [-0.2, -0.15) is 0 Å². The lowest BCUT2D eigenvalue weighted by Gasteiger charge is -2.04. The van der Waals surface area contributed by atoms with E-state index in [4.69, 9.17) is 0 Å². The van der Waals surface area contributed by atoms with Gasteiger partial charge in [0.15, 0.2) is 0 Å². The lowest BCUT2D eigenvalue weighted by atomic mass is 10.0. The lowest BCUT2D eigenvalue weighted by Crippen LogP contribution is -1.84. The van der Waals surface area contributed by atoms with Crippen molar-refractivity contribution >= 4 is 10.9 Å². The molecule has 2 nitrogen and oxygen atoms in total. The van der Waals surface area contributed by atoms with Gasteiger partial charge in [0.2, 0.25) is 0 Å². The fourth-order valence-corrected chi connectivity index (χ4v) is 1.78. The lowest BCUT2D eigenvalue weighted by molar-refractivity contribution is 1.32. The van der Waals surface area contributed by atoms with E-state index in [1.165, 1.54) is 0 Å².